The molecule has 1 amide bonds. The van der Waals surface area contributed by atoms with E-state index in [2.05, 4.69) is 15.9 Å². The van der Waals surface area contributed by atoms with E-state index in [0.29, 0.717) is 11.3 Å². The molecule has 0 fully saturated rings. The number of halogens is 1. The number of hydrogen-bond acceptors (Lipinski definition) is 2. The average Bonchev–Trinajstić information content (AvgIpc) is 2.84. The van der Waals surface area contributed by atoms with Crippen LogP contribution in [0.5, 0.6) is 0 Å². The van der Waals surface area contributed by atoms with Crippen molar-refractivity contribution in [2.24, 2.45) is 7.05 Å². The predicted octanol–water partition coefficient (Wildman–Crippen LogP) is 3.52. The summed E-state index contributed by atoms with van der Waals surface area (Å²) >= 11 is 3.36. The smallest absolute Gasteiger partial charge is 0.295 e. The third-order valence-electron chi connectivity index (χ3n) is 4.26. The number of para-hydroxylation sites is 1. The molecule has 128 valence electrons. The molecule has 0 bridgehead atoms. The van der Waals surface area contributed by atoms with Crippen LogP contribution in [0.15, 0.2) is 63.9 Å². The molecule has 0 N–H and O–H groups in total. The van der Waals surface area contributed by atoms with E-state index >= 15 is 0 Å². The van der Waals surface area contributed by atoms with Crippen LogP contribution < -0.4 is 10.5 Å². The number of amides is 1. The van der Waals surface area contributed by atoms with Crippen LogP contribution in [-0.4, -0.2) is 22.3 Å². The quantitative estimate of drug-likeness (QED) is 0.676. The van der Waals surface area contributed by atoms with Crippen LogP contribution in [0.4, 0.5) is 5.69 Å². The van der Waals surface area contributed by atoms with Gasteiger partial charge in [-0.3, -0.25) is 14.3 Å². The van der Waals surface area contributed by atoms with Gasteiger partial charge in [-0.25, -0.2) is 4.68 Å². The maximum absolute atomic E-state index is 13.0. The van der Waals surface area contributed by atoms with E-state index in [1.807, 2.05) is 44.3 Å². The molecule has 0 spiro atoms. The fourth-order valence-corrected chi connectivity index (χ4v) is 3.09. The first-order chi connectivity index (χ1) is 11.9. The monoisotopic (exact) mass is 399 g/mol. The number of anilines is 1. The molecular formula is C19H18BrN3O2. The summed E-state index contributed by atoms with van der Waals surface area (Å²) in [6.07, 6.45) is 0. The van der Waals surface area contributed by atoms with Gasteiger partial charge < -0.3 is 4.90 Å². The van der Waals surface area contributed by atoms with E-state index in [9.17, 15) is 9.59 Å². The lowest BCUT2D eigenvalue weighted by Crippen LogP contribution is -2.31. The molecule has 3 rings (SSSR count). The zero-order chi connectivity index (χ0) is 18.1. The maximum atomic E-state index is 13.0. The van der Waals surface area contributed by atoms with E-state index in [-0.39, 0.29) is 11.5 Å². The highest BCUT2D eigenvalue weighted by molar-refractivity contribution is 9.10. The fourth-order valence-electron chi connectivity index (χ4n) is 2.83. The summed E-state index contributed by atoms with van der Waals surface area (Å²) < 4.78 is 4.23. The van der Waals surface area contributed by atoms with Gasteiger partial charge in [0.2, 0.25) is 0 Å². The van der Waals surface area contributed by atoms with Crippen LogP contribution >= 0.6 is 15.9 Å². The lowest BCUT2D eigenvalue weighted by atomic mass is 10.2. The van der Waals surface area contributed by atoms with Crippen LogP contribution in [0, 0.1) is 6.92 Å². The summed E-state index contributed by atoms with van der Waals surface area (Å²) in [5, 5.41) is 0. The minimum Gasteiger partial charge on any atom is -0.305 e. The molecule has 0 aliphatic heterocycles. The normalized spacial score (nSPS) is 10.7. The first kappa shape index (κ1) is 17.2. The zero-order valence-corrected chi connectivity index (χ0v) is 15.8. The summed E-state index contributed by atoms with van der Waals surface area (Å²) in [6.45, 7) is 1.83. The Morgan fingerprint density at radius 2 is 1.64 bits per heavy atom. The number of benzene rings is 2. The van der Waals surface area contributed by atoms with Gasteiger partial charge in [0, 0.05) is 24.1 Å². The molecule has 5 nitrogen and oxygen atoms in total. The van der Waals surface area contributed by atoms with Crippen molar-refractivity contribution >= 4 is 27.5 Å². The van der Waals surface area contributed by atoms with Crippen molar-refractivity contribution in [2.75, 3.05) is 11.9 Å². The third-order valence-corrected chi connectivity index (χ3v) is 4.78. The zero-order valence-electron chi connectivity index (χ0n) is 14.2. The molecule has 0 unspecified atom stereocenters. The minimum absolute atomic E-state index is 0.223. The molecular weight excluding hydrogens is 382 g/mol. The second-order valence-electron chi connectivity index (χ2n) is 5.78. The topological polar surface area (TPSA) is 47.2 Å². The fraction of sp³-hybridized carbons (Fsp3) is 0.158. The summed E-state index contributed by atoms with van der Waals surface area (Å²) in [6, 6.07) is 16.5. The number of hydrogen-bond donors (Lipinski definition) is 0. The Bertz CT molecular complexity index is 972. The molecule has 0 saturated carbocycles. The van der Waals surface area contributed by atoms with Gasteiger partial charge in [-0.15, -0.1) is 0 Å². The van der Waals surface area contributed by atoms with E-state index < -0.39 is 0 Å². The number of rotatable bonds is 3. The second-order valence-corrected chi connectivity index (χ2v) is 6.70. The molecule has 0 aliphatic carbocycles. The Kier molecular flexibility index (Phi) is 4.63. The van der Waals surface area contributed by atoms with Crippen LogP contribution in [0.3, 0.4) is 0 Å². The predicted molar refractivity (Wildman–Crippen MR) is 103 cm³/mol. The standard InChI is InChI=1S/C19H18BrN3O2/c1-13-17(21(2)18(24)14-9-11-15(20)12-10-14)19(25)23(22(13)3)16-7-5-4-6-8-16/h4-12H,1-3H3. The maximum Gasteiger partial charge on any atom is 0.295 e. The van der Waals surface area contributed by atoms with Gasteiger partial charge in [-0.2, -0.15) is 0 Å². The molecule has 1 aromatic heterocycles. The molecule has 2 aromatic carbocycles. The van der Waals surface area contributed by atoms with Crippen molar-refractivity contribution in [3.63, 3.8) is 0 Å². The Hall–Kier alpha value is -2.60. The first-order valence-corrected chi connectivity index (χ1v) is 8.58. The second kappa shape index (κ2) is 6.72. The van der Waals surface area contributed by atoms with Gasteiger partial charge in [0.15, 0.2) is 0 Å². The van der Waals surface area contributed by atoms with Crippen molar-refractivity contribution in [1.82, 2.24) is 9.36 Å². The number of carbonyl (C=O) groups is 1. The Morgan fingerprint density at radius 1 is 1.04 bits per heavy atom. The van der Waals surface area contributed by atoms with Gasteiger partial charge in [0.05, 0.1) is 11.4 Å². The molecule has 0 saturated heterocycles. The van der Waals surface area contributed by atoms with E-state index in [4.69, 9.17) is 0 Å². The van der Waals surface area contributed by atoms with Crippen molar-refractivity contribution < 1.29 is 4.79 Å². The van der Waals surface area contributed by atoms with Crippen molar-refractivity contribution in [2.45, 2.75) is 6.92 Å². The van der Waals surface area contributed by atoms with Crippen LogP contribution in [-0.2, 0) is 7.05 Å². The largest absolute Gasteiger partial charge is 0.305 e. The highest BCUT2D eigenvalue weighted by Gasteiger charge is 2.23. The third kappa shape index (κ3) is 3.05. The van der Waals surface area contributed by atoms with Crippen molar-refractivity contribution in [3.05, 3.63) is 80.7 Å². The lowest BCUT2D eigenvalue weighted by molar-refractivity contribution is 0.0992. The molecule has 6 heteroatoms. The molecule has 1 heterocycles. The Morgan fingerprint density at radius 3 is 2.24 bits per heavy atom. The Labute approximate surface area is 154 Å². The number of nitrogens with zero attached hydrogens (tertiary/aromatic N) is 3. The van der Waals surface area contributed by atoms with E-state index in [1.54, 1.807) is 40.7 Å². The van der Waals surface area contributed by atoms with Gasteiger partial charge in [-0.05, 0) is 43.3 Å². The SMILES string of the molecule is Cc1c(N(C)C(=O)c2ccc(Br)cc2)c(=O)n(-c2ccccc2)n1C. The molecule has 0 radical (unpaired) electrons. The molecule has 0 atom stereocenters. The summed E-state index contributed by atoms with van der Waals surface area (Å²) in [4.78, 5) is 27.2. The summed E-state index contributed by atoms with van der Waals surface area (Å²) in [7, 11) is 3.44. The van der Waals surface area contributed by atoms with Crippen LogP contribution in [0.25, 0.3) is 5.69 Å². The minimum atomic E-state index is -0.224. The first-order valence-electron chi connectivity index (χ1n) is 7.79. The van der Waals surface area contributed by atoms with Crippen molar-refractivity contribution in [1.29, 1.82) is 0 Å². The molecule has 3 aromatic rings. The van der Waals surface area contributed by atoms with Gasteiger partial charge in [-0.1, -0.05) is 34.1 Å². The highest BCUT2D eigenvalue weighted by Crippen LogP contribution is 2.20. The highest BCUT2D eigenvalue weighted by atomic mass is 79.9. The van der Waals surface area contributed by atoms with E-state index in [0.717, 1.165) is 15.9 Å². The van der Waals surface area contributed by atoms with Gasteiger partial charge in [0.1, 0.15) is 5.69 Å². The van der Waals surface area contributed by atoms with Crippen molar-refractivity contribution in [3.8, 4) is 5.69 Å². The summed E-state index contributed by atoms with van der Waals surface area (Å²) in [5.41, 5.74) is 2.16. The Balaban J connectivity index is 2.07. The van der Waals surface area contributed by atoms with Crippen LogP contribution in [0.1, 0.15) is 16.1 Å². The number of aromatic nitrogens is 2. The molecule has 0 aliphatic rings. The number of carbonyl (C=O) groups excluding carboxylic acids is 1. The lowest BCUT2D eigenvalue weighted by Gasteiger charge is -2.15. The van der Waals surface area contributed by atoms with E-state index in [1.165, 1.54) is 4.90 Å². The van der Waals surface area contributed by atoms with Crippen LogP contribution in [0.2, 0.25) is 0 Å². The summed E-state index contributed by atoms with van der Waals surface area (Å²) in [5.74, 6) is -0.224. The molecule has 25 heavy (non-hydrogen) atoms. The van der Waals surface area contributed by atoms with Gasteiger partial charge >= 0.3 is 0 Å². The average molecular weight is 400 g/mol. The van der Waals surface area contributed by atoms with Gasteiger partial charge in [0.25, 0.3) is 11.5 Å².